The van der Waals surface area contributed by atoms with Crippen molar-refractivity contribution >= 4 is 44.9 Å². The summed E-state index contributed by atoms with van der Waals surface area (Å²) < 4.78 is 23.7. The second-order valence-corrected chi connectivity index (χ2v) is 10.5. The molecule has 0 spiro atoms. The van der Waals surface area contributed by atoms with Crippen molar-refractivity contribution in [1.29, 1.82) is 0 Å². The van der Waals surface area contributed by atoms with Crippen LogP contribution in [0.3, 0.4) is 0 Å². The van der Waals surface area contributed by atoms with Crippen molar-refractivity contribution in [2.75, 3.05) is 17.8 Å². The predicted molar refractivity (Wildman–Crippen MR) is 116 cm³/mol. The molecule has 9 heteroatoms. The van der Waals surface area contributed by atoms with Crippen molar-refractivity contribution in [3.63, 3.8) is 0 Å². The van der Waals surface area contributed by atoms with Gasteiger partial charge in [0.1, 0.15) is 5.03 Å². The van der Waals surface area contributed by atoms with Crippen molar-refractivity contribution in [2.45, 2.75) is 47.9 Å². The molecule has 1 aliphatic rings. The van der Waals surface area contributed by atoms with Gasteiger partial charge >= 0.3 is 0 Å². The average molecular weight is 454 g/mol. The van der Waals surface area contributed by atoms with Crippen molar-refractivity contribution in [3.05, 3.63) is 41.2 Å². The van der Waals surface area contributed by atoms with Crippen LogP contribution in [0.25, 0.3) is 0 Å². The van der Waals surface area contributed by atoms with Crippen molar-refractivity contribution in [3.8, 4) is 0 Å². The van der Waals surface area contributed by atoms with Crippen LogP contribution in [0, 0.1) is 5.92 Å². The van der Waals surface area contributed by atoms with E-state index in [1.54, 1.807) is 30.6 Å². The van der Waals surface area contributed by atoms with E-state index in [0.717, 1.165) is 42.5 Å². The number of benzene rings is 1. The Bertz CT molecular complexity index is 975. The number of carbonyl (C=O) groups excluding carboxylic acids is 1. The molecule has 156 valence electrons. The number of carbonyl (C=O) groups is 1. The molecule has 3 rings (SSSR count). The summed E-state index contributed by atoms with van der Waals surface area (Å²) >= 11 is 7.74. The summed E-state index contributed by atoms with van der Waals surface area (Å²) in [5.41, 5.74) is 0.897. The molecule has 1 aromatic carbocycles. The molecule has 0 radical (unpaired) electrons. The van der Waals surface area contributed by atoms with Gasteiger partial charge < -0.3 is 5.32 Å². The smallest absolute Gasteiger partial charge is 0.226 e. The standard InChI is InChI=1S/C20H24ClN3O3S2/c1-28-20-12-22-18(11-23-20)24-19(25)10-15(13-5-3-4-6-13)14-7-8-17(16(21)9-14)29(2,26)27/h7-9,11-13,15H,3-6,10H2,1-2H3,(H,22,24,25). The molecule has 1 aliphatic carbocycles. The molecule has 0 aliphatic heterocycles. The fraction of sp³-hybridized carbons (Fsp3) is 0.450. The van der Waals surface area contributed by atoms with Crippen LogP contribution in [0.1, 0.15) is 43.6 Å². The number of halogens is 1. The first-order valence-electron chi connectivity index (χ1n) is 9.43. The van der Waals surface area contributed by atoms with E-state index in [9.17, 15) is 13.2 Å². The average Bonchev–Trinajstić information content (AvgIpc) is 3.20. The summed E-state index contributed by atoms with van der Waals surface area (Å²) in [5.74, 6) is 0.618. The van der Waals surface area contributed by atoms with Gasteiger partial charge in [0.2, 0.25) is 5.91 Å². The minimum atomic E-state index is -3.39. The van der Waals surface area contributed by atoms with Crippen LogP contribution < -0.4 is 5.32 Å². The molecule has 6 nitrogen and oxygen atoms in total. The number of aromatic nitrogens is 2. The van der Waals surface area contributed by atoms with Gasteiger partial charge in [-0.05, 0) is 48.6 Å². The van der Waals surface area contributed by atoms with E-state index in [4.69, 9.17) is 11.6 Å². The molecule has 1 N–H and O–H groups in total. The Morgan fingerprint density at radius 1 is 1.28 bits per heavy atom. The monoisotopic (exact) mass is 453 g/mol. The van der Waals surface area contributed by atoms with Crippen LogP contribution in [0.4, 0.5) is 5.82 Å². The SMILES string of the molecule is CSc1cnc(NC(=O)CC(c2ccc(S(C)(=O)=O)c(Cl)c2)C2CCCC2)cn1. The molecule has 1 fully saturated rings. The van der Waals surface area contributed by atoms with Gasteiger partial charge in [-0.15, -0.1) is 11.8 Å². The van der Waals surface area contributed by atoms with Gasteiger partial charge in [-0.1, -0.05) is 30.5 Å². The Kier molecular flexibility index (Phi) is 7.19. The lowest BCUT2D eigenvalue weighted by atomic mass is 9.82. The zero-order chi connectivity index (χ0) is 21.0. The molecule has 2 aromatic rings. The first-order valence-corrected chi connectivity index (χ1v) is 12.9. The second kappa shape index (κ2) is 9.45. The number of nitrogens with zero attached hydrogens (tertiary/aromatic N) is 2. The first kappa shape index (κ1) is 22.1. The van der Waals surface area contributed by atoms with Gasteiger partial charge in [0.05, 0.1) is 22.3 Å². The van der Waals surface area contributed by atoms with E-state index >= 15 is 0 Å². The van der Waals surface area contributed by atoms with Crippen LogP contribution in [-0.2, 0) is 14.6 Å². The van der Waals surface area contributed by atoms with Crippen LogP contribution in [0.5, 0.6) is 0 Å². The Hall–Kier alpha value is -1.64. The van der Waals surface area contributed by atoms with Crippen LogP contribution in [0.15, 0.2) is 40.5 Å². The van der Waals surface area contributed by atoms with E-state index in [1.165, 1.54) is 11.8 Å². The quantitative estimate of drug-likeness (QED) is 0.618. The molecule has 1 unspecified atom stereocenters. The first-order chi connectivity index (χ1) is 13.8. The zero-order valence-corrected chi connectivity index (χ0v) is 18.8. The summed E-state index contributed by atoms with van der Waals surface area (Å²) in [7, 11) is -3.39. The minimum Gasteiger partial charge on any atom is -0.309 e. The highest BCUT2D eigenvalue weighted by atomic mass is 35.5. The number of sulfone groups is 1. The summed E-state index contributed by atoms with van der Waals surface area (Å²) in [4.78, 5) is 21.3. The summed E-state index contributed by atoms with van der Waals surface area (Å²) in [5, 5.41) is 3.80. The number of anilines is 1. The highest BCUT2D eigenvalue weighted by molar-refractivity contribution is 7.98. The summed E-state index contributed by atoms with van der Waals surface area (Å²) in [6, 6.07) is 5.02. The predicted octanol–water partition coefficient (Wildman–Crippen LogP) is 4.56. The summed E-state index contributed by atoms with van der Waals surface area (Å²) in [6.45, 7) is 0. The molecule has 1 amide bonds. The van der Waals surface area contributed by atoms with Gasteiger partial charge in [0, 0.05) is 12.7 Å². The molecule has 1 atom stereocenters. The zero-order valence-electron chi connectivity index (χ0n) is 16.4. The Morgan fingerprint density at radius 3 is 2.55 bits per heavy atom. The van der Waals surface area contributed by atoms with E-state index in [2.05, 4.69) is 15.3 Å². The third-order valence-electron chi connectivity index (χ3n) is 5.26. The van der Waals surface area contributed by atoms with Gasteiger partial charge in [0.25, 0.3) is 0 Å². The van der Waals surface area contributed by atoms with Crippen LogP contribution >= 0.6 is 23.4 Å². The molecule has 1 aromatic heterocycles. The maximum atomic E-state index is 12.7. The highest BCUT2D eigenvalue weighted by Crippen LogP contribution is 2.40. The van der Waals surface area contributed by atoms with E-state index < -0.39 is 9.84 Å². The lowest BCUT2D eigenvalue weighted by Gasteiger charge is -2.24. The molecule has 1 heterocycles. The Balaban J connectivity index is 1.80. The normalized spacial score (nSPS) is 16.0. The molecule has 0 saturated heterocycles. The molecule has 0 bridgehead atoms. The van der Waals surface area contributed by atoms with Crippen LogP contribution in [-0.4, -0.2) is 36.8 Å². The Labute approximate surface area is 180 Å². The molecule has 29 heavy (non-hydrogen) atoms. The maximum Gasteiger partial charge on any atom is 0.226 e. The lowest BCUT2D eigenvalue weighted by molar-refractivity contribution is -0.116. The maximum absolute atomic E-state index is 12.7. The van der Waals surface area contributed by atoms with Crippen LogP contribution in [0.2, 0.25) is 5.02 Å². The second-order valence-electron chi connectivity index (χ2n) is 7.31. The van der Waals surface area contributed by atoms with Gasteiger partial charge in [-0.3, -0.25) is 4.79 Å². The highest BCUT2D eigenvalue weighted by Gasteiger charge is 2.29. The van der Waals surface area contributed by atoms with E-state index in [-0.39, 0.29) is 28.2 Å². The van der Waals surface area contributed by atoms with E-state index in [0.29, 0.717) is 11.7 Å². The number of thioether (sulfide) groups is 1. The number of hydrogen-bond donors (Lipinski definition) is 1. The van der Waals surface area contributed by atoms with Gasteiger partial charge in [-0.25, -0.2) is 18.4 Å². The number of nitrogens with one attached hydrogen (secondary N) is 1. The largest absolute Gasteiger partial charge is 0.309 e. The van der Waals surface area contributed by atoms with Crippen molar-refractivity contribution in [2.24, 2.45) is 5.92 Å². The third kappa shape index (κ3) is 5.71. The van der Waals surface area contributed by atoms with Gasteiger partial charge in [0.15, 0.2) is 15.7 Å². The van der Waals surface area contributed by atoms with Crippen molar-refractivity contribution in [1.82, 2.24) is 9.97 Å². The molecule has 1 saturated carbocycles. The third-order valence-corrected chi connectivity index (χ3v) is 7.47. The fourth-order valence-corrected chi connectivity index (χ4v) is 5.50. The van der Waals surface area contributed by atoms with Crippen molar-refractivity contribution < 1.29 is 13.2 Å². The summed E-state index contributed by atoms with van der Waals surface area (Å²) in [6.07, 6.45) is 10.9. The van der Waals surface area contributed by atoms with Gasteiger partial charge in [-0.2, -0.15) is 0 Å². The number of amides is 1. The number of hydrogen-bond acceptors (Lipinski definition) is 6. The minimum absolute atomic E-state index is 0.0259. The molecular formula is C20H24ClN3O3S2. The van der Waals surface area contributed by atoms with E-state index in [1.807, 2.05) is 6.26 Å². The topological polar surface area (TPSA) is 89.0 Å². The molecular weight excluding hydrogens is 430 g/mol. The number of rotatable bonds is 7. The fourth-order valence-electron chi connectivity index (χ4n) is 3.84. The lowest BCUT2D eigenvalue weighted by Crippen LogP contribution is -2.20. The Morgan fingerprint density at radius 2 is 2.00 bits per heavy atom.